The van der Waals surface area contributed by atoms with Crippen LogP contribution < -0.4 is 11.1 Å². The minimum atomic E-state index is 0.166. The molecular formula is C16H21N3. The Hall–Kier alpha value is -2.03. The van der Waals surface area contributed by atoms with E-state index in [9.17, 15) is 0 Å². The van der Waals surface area contributed by atoms with E-state index in [1.165, 1.54) is 5.56 Å². The van der Waals surface area contributed by atoms with Crippen LogP contribution in [0.2, 0.25) is 0 Å². The van der Waals surface area contributed by atoms with Crippen molar-refractivity contribution in [1.29, 1.82) is 0 Å². The Bertz CT molecular complexity index is 566. The normalized spacial score (nSPS) is 11.4. The Labute approximate surface area is 114 Å². The van der Waals surface area contributed by atoms with Gasteiger partial charge < -0.3 is 11.1 Å². The highest BCUT2D eigenvalue weighted by atomic mass is 15.0. The van der Waals surface area contributed by atoms with Crippen LogP contribution in [0.1, 0.15) is 31.9 Å². The fourth-order valence-corrected chi connectivity index (χ4v) is 1.86. The molecule has 0 atom stereocenters. The van der Waals surface area contributed by atoms with E-state index in [0.717, 1.165) is 11.3 Å². The number of nitrogens with zero attached hydrogens (tertiary/aromatic N) is 1. The number of nitrogens with two attached hydrogens (primary N) is 1. The van der Waals surface area contributed by atoms with Crippen LogP contribution in [-0.4, -0.2) is 4.98 Å². The minimum Gasteiger partial charge on any atom is -0.396 e. The topological polar surface area (TPSA) is 50.9 Å². The molecule has 0 aliphatic carbocycles. The summed E-state index contributed by atoms with van der Waals surface area (Å²) in [4.78, 5) is 4.27. The van der Waals surface area contributed by atoms with Crippen LogP contribution >= 0.6 is 0 Å². The Balaban J connectivity index is 2.23. The third kappa shape index (κ3) is 3.05. The molecule has 3 heteroatoms. The van der Waals surface area contributed by atoms with Gasteiger partial charge >= 0.3 is 0 Å². The molecule has 0 saturated carbocycles. The molecular weight excluding hydrogens is 234 g/mol. The number of rotatable bonds is 2. The van der Waals surface area contributed by atoms with E-state index in [4.69, 9.17) is 5.73 Å². The monoisotopic (exact) mass is 255 g/mol. The second-order valence-electron chi connectivity index (χ2n) is 5.84. The predicted octanol–water partition coefficient (Wildman–Crippen LogP) is 4.01. The first kappa shape index (κ1) is 13.4. The maximum absolute atomic E-state index is 6.00. The Morgan fingerprint density at radius 1 is 1.05 bits per heavy atom. The Morgan fingerprint density at radius 3 is 2.26 bits per heavy atom. The van der Waals surface area contributed by atoms with Gasteiger partial charge in [-0.25, -0.2) is 4.98 Å². The number of aryl methyl sites for hydroxylation is 1. The van der Waals surface area contributed by atoms with Crippen molar-refractivity contribution in [2.45, 2.75) is 33.1 Å². The van der Waals surface area contributed by atoms with Crippen molar-refractivity contribution in [2.75, 3.05) is 11.1 Å². The highest BCUT2D eigenvalue weighted by Crippen LogP contribution is 2.26. The molecule has 2 aromatic rings. The molecule has 0 unspecified atom stereocenters. The van der Waals surface area contributed by atoms with Gasteiger partial charge in [0.05, 0.1) is 5.69 Å². The van der Waals surface area contributed by atoms with Gasteiger partial charge in [-0.05, 0) is 41.7 Å². The van der Waals surface area contributed by atoms with E-state index in [2.05, 4.69) is 55.3 Å². The van der Waals surface area contributed by atoms with Crippen molar-refractivity contribution in [3.63, 3.8) is 0 Å². The minimum absolute atomic E-state index is 0.166. The van der Waals surface area contributed by atoms with Crippen molar-refractivity contribution < 1.29 is 0 Å². The summed E-state index contributed by atoms with van der Waals surface area (Å²) in [5, 5.41) is 3.26. The van der Waals surface area contributed by atoms with Gasteiger partial charge in [0.15, 0.2) is 5.82 Å². The van der Waals surface area contributed by atoms with Gasteiger partial charge in [0.25, 0.3) is 0 Å². The molecule has 19 heavy (non-hydrogen) atoms. The van der Waals surface area contributed by atoms with E-state index in [1.54, 1.807) is 6.20 Å². The number of benzene rings is 1. The smallest absolute Gasteiger partial charge is 0.153 e. The summed E-state index contributed by atoms with van der Waals surface area (Å²) in [5.41, 5.74) is 10.2. The standard InChI is InChI=1S/C16H21N3/c1-11-9-10-18-15(14(11)17)19-13-7-5-12(6-8-13)16(2,3)4/h5-10H,17H2,1-4H3,(H,18,19). The van der Waals surface area contributed by atoms with E-state index in [0.29, 0.717) is 11.5 Å². The molecule has 0 bridgehead atoms. The first-order valence-electron chi connectivity index (χ1n) is 6.46. The highest BCUT2D eigenvalue weighted by Gasteiger charge is 2.13. The van der Waals surface area contributed by atoms with Crippen molar-refractivity contribution in [3.05, 3.63) is 47.7 Å². The Morgan fingerprint density at radius 2 is 1.68 bits per heavy atom. The van der Waals surface area contributed by atoms with Crippen LogP contribution in [0.5, 0.6) is 0 Å². The number of pyridine rings is 1. The van der Waals surface area contributed by atoms with Crippen LogP contribution in [0.25, 0.3) is 0 Å². The maximum atomic E-state index is 6.00. The molecule has 0 saturated heterocycles. The van der Waals surface area contributed by atoms with Gasteiger partial charge in [-0.15, -0.1) is 0 Å². The van der Waals surface area contributed by atoms with Crippen LogP contribution in [-0.2, 0) is 5.41 Å². The molecule has 3 nitrogen and oxygen atoms in total. The fourth-order valence-electron chi connectivity index (χ4n) is 1.86. The summed E-state index contributed by atoms with van der Waals surface area (Å²) in [6.45, 7) is 8.59. The number of aromatic nitrogens is 1. The number of hydrogen-bond acceptors (Lipinski definition) is 3. The van der Waals surface area contributed by atoms with Crippen molar-refractivity contribution in [2.24, 2.45) is 0 Å². The molecule has 3 N–H and O–H groups in total. The number of anilines is 3. The lowest BCUT2D eigenvalue weighted by Gasteiger charge is -2.19. The largest absolute Gasteiger partial charge is 0.396 e. The number of hydrogen-bond donors (Lipinski definition) is 2. The molecule has 0 fully saturated rings. The molecule has 0 spiro atoms. The van der Waals surface area contributed by atoms with Crippen LogP contribution in [0.3, 0.4) is 0 Å². The van der Waals surface area contributed by atoms with Gasteiger partial charge in [-0.2, -0.15) is 0 Å². The summed E-state index contributed by atoms with van der Waals surface area (Å²) in [5.74, 6) is 0.712. The molecule has 1 aromatic carbocycles. The van der Waals surface area contributed by atoms with Crippen molar-refractivity contribution in [1.82, 2.24) is 4.98 Å². The Kier molecular flexibility index (Phi) is 3.47. The first-order chi connectivity index (χ1) is 8.88. The summed E-state index contributed by atoms with van der Waals surface area (Å²) in [7, 11) is 0. The average Bonchev–Trinajstić information content (AvgIpc) is 2.35. The molecule has 0 aliphatic heterocycles. The van der Waals surface area contributed by atoms with E-state index in [-0.39, 0.29) is 5.41 Å². The molecule has 100 valence electrons. The third-order valence-electron chi connectivity index (χ3n) is 3.22. The predicted molar refractivity (Wildman–Crippen MR) is 81.8 cm³/mol. The summed E-state index contributed by atoms with van der Waals surface area (Å²) >= 11 is 0. The van der Waals surface area contributed by atoms with Crippen LogP contribution in [0.4, 0.5) is 17.2 Å². The summed E-state index contributed by atoms with van der Waals surface area (Å²) in [6, 6.07) is 10.3. The van der Waals surface area contributed by atoms with E-state index >= 15 is 0 Å². The lowest BCUT2D eigenvalue weighted by atomic mass is 9.87. The quantitative estimate of drug-likeness (QED) is 0.852. The number of nitrogens with one attached hydrogen (secondary N) is 1. The lowest BCUT2D eigenvalue weighted by Crippen LogP contribution is -2.10. The second-order valence-corrected chi connectivity index (χ2v) is 5.84. The second kappa shape index (κ2) is 4.92. The molecule has 0 aliphatic rings. The molecule has 1 aromatic heterocycles. The van der Waals surface area contributed by atoms with Crippen LogP contribution in [0, 0.1) is 6.92 Å². The number of nitrogen functional groups attached to an aromatic ring is 1. The van der Waals surface area contributed by atoms with E-state index in [1.807, 2.05) is 13.0 Å². The average molecular weight is 255 g/mol. The van der Waals surface area contributed by atoms with Gasteiger partial charge in [0.2, 0.25) is 0 Å². The third-order valence-corrected chi connectivity index (χ3v) is 3.22. The van der Waals surface area contributed by atoms with Gasteiger partial charge in [0, 0.05) is 11.9 Å². The molecule has 0 amide bonds. The SMILES string of the molecule is Cc1ccnc(Nc2ccc(C(C)(C)C)cc2)c1N. The molecule has 1 heterocycles. The fraction of sp³-hybridized carbons (Fsp3) is 0.312. The van der Waals surface area contributed by atoms with Gasteiger partial charge in [-0.3, -0.25) is 0 Å². The van der Waals surface area contributed by atoms with Crippen molar-refractivity contribution >= 4 is 17.2 Å². The molecule has 0 radical (unpaired) electrons. The lowest BCUT2D eigenvalue weighted by molar-refractivity contribution is 0.590. The highest BCUT2D eigenvalue weighted by molar-refractivity contribution is 5.71. The van der Waals surface area contributed by atoms with E-state index < -0.39 is 0 Å². The van der Waals surface area contributed by atoms with Gasteiger partial charge in [-0.1, -0.05) is 32.9 Å². The zero-order valence-corrected chi connectivity index (χ0v) is 12.0. The van der Waals surface area contributed by atoms with Crippen molar-refractivity contribution in [3.8, 4) is 0 Å². The molecule has 2 rings (SSSR count). The summed E-state index contributed by atoms with van der Waals surface area (Å²) < 4.78 is 0. The van der Waals surface area contributed by atoms with Crippen LogP contribution in [0.15, 0.2) is 36.5 Å². The maximum Gasteiger partial charge on any atom is 0.153 e. The zero-order chi connectivity index (χ0) is 14.0. The zero-order valence-electron chi connectivity index (χ0n) is 12.0. The van der Waals surface area contributed by atoms with Gasteiger partial charge in [0.1, 0.15) is 0 Å². The first-order valence-corrected chi connectivity index (χ1v) is 6.46. The summed E-state index contributed by atoms with van der Waals surface area (Å²) in [6.07, 6.45) is 1.76.